The second kappa shape index (κ2) is 4.35. The minimum atomic E-state index is -0.242. The number of likely N-dealkylation sites (N-methyl/N-ethyl adjacent to an activating group) is 1. The van der Waals surface area contributed by atoms with Gasteiger partial charge < -0.3 is 10.4 Å². The van der Waals surface area contributed by atoms with Gasteiger partial charge in [-0.3, -0.25) is 0 Å². The van der Waals surface area contributed by atoms with E-state index in [-0.39, 0.29) is 18.5 Å². The molecule has 0 spiro atoms. The third kappa shape index (κ3) is 2.26. The van der Waals surface area contributed by atoms with E-state index < -0.39 is 0 Å². The molecule has 0 aromatic heterocycles. The second-order valence-corrected chi connectivity index (χ2v) is 3.02. The Labute approximate surface area is 77.4 Å². The molecule has 0 aliphatic rings. The van der Waals surface area contributed by atoms with Gasteiger partial charge in [0.15, 0.2) is 0 Å². The van der Waals surface area contributed by atoms with Crippen molar-refractivity contribution in [2.45, 2.75) is 13.0 Å². The van der Waals surface area contributed by atoms with Crippen LogP contribution in [-0.2, 0) is 0 Å². The second-order valence-electron chi connectivity index (χ2n) is 3.02. The summed E-state index contributed by atoms with van der Waals surface area (Å²) in [6, 6.07) is 4.46. The summed E-state index contributed by atoms with van der Waals surface area (Å²) in [4.78, 5) is 0. The maximum Gasteiger partial charge on any atom is 0.123 e. The third-order valence-electron chi connectivity index (χ3n) is 2.14. The Morgan fingerprint density at radius 3 is 2.69 bits per heavy atom. The molecule has 1 rings (SSSR count). The summed E-state index contributed by atoms with van der Waals surface area (Å²) in [6.45, 7) is 1.85. The van der Waals surface area contributed by atoms with Crippen molar-refractivity contribution in [3.63, 3.8) is 0 Å². The molecule has 0 aliphatic heterocycles. The quantitative estimate of drug-likeness (QED) is 0.742. The minimum absolute atomic E-state index is 0.0168. The first-order valence-electron chi connectivity index (χ1n) is 4.23. The Bertz CT molecular complexity index is 284. The summed E-state index contributed by atoms with van der Waals surface area (Å²) < 4.78 is 12.7. The van der Waals surface area contributed by atoms with Crippen LogP contribution >= 0.6 is 0 Å². The lowest BCUT2D eigenvalue weighted by molar-refractivity contribution is 0.250. The van der Waals surface area contributed by atoms with Crippen LogP contribution in [0.4, 0.5) is 4.39 Å². The van der Waals surface area contributed by atoms with Crippen molar-refractivity contribution in [1.82, 2.24) is 5.32 Å². The van der Waals surface area contributed by atoms with E-state index in [9.17, 15) is 4.39 Å². The van der Waals surface area contributed by atoms with Crippen molar-refractivity contribution in [2.24, 2.45) is 0 Å². The van der Waals surface area contributed by atoms with Gasteiger partial charge in [0.1, 0.15) is 5.82 Å². The molecule has 0 unspecified atom stereocenters. The summed E-state index contributed by atoms with van der Waals surface area (Å²) in [7, 11) is 1.77. The standard InChI is InChI=1S/C10H14FNO/c1-7-5-8(11)3-4-9(7)10(6-13)12-2/h3-5,10,12-13H,6H2,1-2H3/t10-/m1/s1. The largest absolute Gasteiger partial charge is 0.394 e. The Morgan fingerprint density at radius 1 is 1.54 bits per heavy atom. The maximum absolute atomic E-state index is 12.7. The Morgan fingerprint density at radius 2 is 2.23 bits per heavy atom. The summed E-state index contributed by atoms with van der Waals surface area (Å²) in [5.74, 6) is -0.242. The average molecular weight is 183 g/mol. The zero-order chi connectivity index (χ0) is 9.84. The first kappa shape index (κ1) is 10.2. The molecular weight excluding hydrogens is 169 g/mol. The fourth-order valence-electron chi connectivity index (χ4n) is 1.38. The minimum Gasteiger partial charge on any atom is -0.394 e. The molecule has 2 nitrogen and oxygen atoms in total. The number of hydrogen-bond donors (Lipinski definition) is 2. The maximum atomic E-state index is 12.7. The summed E-state index contributed by atoms with van der Waals surface area (Å²) in [6.07, 6.45) is 0. The lowest BCUT2D eigenvalue weighted by Gasteiger charge is -2.15. The van der Waals surface area contributed by atoms with Crippen molar-refractivity contribution in [3.8, 4) is 0 Å². The Kier molecular flexibility index (Phi) is 3.39. The number of rotatable bonds is 3. The van der Waals surface area contributed by atoms with Gasteiger partial charge in [-0.25, -0.2) is 4.39 Å². The van der Waals surface area contributed by atoms with Crippen LogP contribution in [0.15, 0.2) is 18.2 Å². The first-order chi connectivity index (χ1) is 6.19. The molecule has 0 amide bonds. The summed E-state index contributed by atoms with van der Waals surface area (Å²) >= 11 is 0. The number of aliphatic hydroxyl groups is 1. The van der Waals surface area contributed by atoms with Crippen molar-refractivity contribution >= 4 is 0 Å². The van der Waals surface area contributed by atoms with E-state index in [4.69, 9.17) is 5.11 Å². The van der Waals surface area contributed by atoms with Gasteiger partial charge >= 0.3 is 0 Å². The number of benzene rings is 1. The highest BCUT2D eigenvalue weighted by molar-refractivity contribution is 5.29. The van der Waals surface area contributed by atoms with Crippen molar-refractivity contribution in [2.75, 3.05) is 13.7 Å². The van der Waals surface area contributed by atoms with Gasteiger partial charge in [0.05, 0.1) is 12.6 Å². The number of aryl methyl sites for hydroxylation is 1. The van der Waals surface area contributed by atoms with Crippen molar-refractivity contribution < 1.29 is 9.50 Å². The van der Waals surface area contributed by atoms with Gasteiger partial charge in [-0.15, -0.1) is 0 Å². The Balaban J connectivity index is 2.99. The highest BCUT2D eigenvalue weighted by Crippen LogP contribution is 2.17. The molecule has 13 heavy (non-hydrogen) atoms. The lowest BCUT2D eigenvalue weighted by Crippen LogP contribution is -2.20. The molecule has 3 heteroatoms. The highest BCUT2D eigenvalue weighted by Gasteiger charge is 2.10. The molecule has 1 atom stereocenters. The van der Waals surface area contributed by atoms with E-state index in [2.05, 4.69) is 5.32 Å². The van der Waals surface area contributed by atoms with Crippen LogP contribution in [0.2, 0.25) is 0 Å². The molecule has 0 aliphatic carbocycles. The topological polar surface area (TPSA) is 32.3 Å². The molecule has 0 saturated heterocycles. The predicted octanol–water partition coefficient (Wildman–Crippen LogP) is 1.39. The molecule has 1 aromatic carbocycles. The van der Waals surface area contributed by atoms with E-state index in [1.54, 1.807) is 13.1 Å². The molecular formula is C10H14FNO. The lowest BCUT2D eigenvalue weighted by atomic mass is 10.0. The van der Waals surface area contributed by atoms with Crippen LogP contribution in [0, 0.1) is 12.7 Å². The van der Waals surface area contributed by atoms with Crippen molar-refractivity contribution in [3.05, 3.63) is 35.1 Å². The highest BCUT2D eigenvalue weighted by atomic mass is 19.1. The molecule has 0 bridgehead atoms. The molecule has 0 fully saturated rings. The van der Waals surface area contributed by atoms with Crippen LogP contribution in [0.3, 0.4) is 0 Å². The van der Waals surface area contributed by atoms with Crippen LogP contribution in [0.5, 0.6) is 0 Å². The SMILES string of the molecule is CN[C@H](CO)c1ccc(F)cc1C. The fourth-order valence-corrected chi connectivity index (χ4v) is 1.38. The fraction of sp³-hybridized carbons (Fsp3) is 0.400. The molecule has 1 aromatic rings. The van der Waals surface area contributed by atoms with Gasteiger partial charge in [-0.05, 0) is 37.2 Å². The monoisotopic (exact) mass is 183 g/mol. The van der Waals surface area contributed by atoms with Crippen LogP contribution in [0.25, 0.3) is 0 Å². The average Bonchev–Trinajstić information content (AvgIpc) is 2.10. The number of hydrogen-bond acceptors (Lipinski definition) is 2. The smallest absolute Gasteiger partial charge is 0.123 e. The number of aliphatic hydroxyl groups excluding tert-OH is 1. The van der Waals surface area contributed by atoms with Gasteiger partial charge in [0.25, 0.3) is 0 Å². The van der Waals surface area contributed by atoms with Crippen LogP contribution < -0.4 is 5.32 Å². The van der Waals surface area contributed by atoms with Gasteiger partial charge in [0, 0.05) is 0 Å². The van der Waals surface area contributed by atoms with E-state index in [1.807, 2.05) is 6.92 Å². The molecule has 2 N–H and O–H groups in total. The molecule has 0 radical (unpaired) electrons. The summed E-state index contributed by atoms with van der Waals surface area (Å²) in [5.41, 5.74) is 1.79. The van der Waals surface area contributed by atoms with Gasteiger partial charge in [-0.1, -0.05) is 6.07 Å². The van der Waals surface area contributed by atoms with Crippen LogP contribution in [-0.4, -0.2) is 18.8 Å². The molecule has 0 heterocycles. The Hall–Kier alpha value is -0.930. The van der Waals surface area contributed by atoms with E-state index in [0.29, 0.717) is 0 Å². The number of halogens is 1. The van der Waals surface area contributed by atoms with Gasteiger partial charge in [0.2, 0.25) is 0 Å². The van der Waals surface area contributed by atoms with E-state index >= 15 is 0 Å². The van der Waals surface area contributed by atoms with E-state index in [1.165, 1.54) is 12.1 Å². The predicted molar refractivity (Wildman–Crippen MR) is 50.0 cm³/mol. The van der Waals surface area contributed by atoms with Crippen LogP contribution in [0.1, 0.15) is 17.2 Å². The third-order valence-corrected chi connectivity index (χ3v) is 2.14. The molecule has 0 saturated carbocycles. The van der Waals surface area contributed by atoms with Crippen molar-refractivity contribution in [1.29, 1.82) is 0 Å². The first-order valence-corrected chi connectivity index (χ1v) is 4.23. The normalized spacial score (nSPS) is 12.9. The number of nitrogens with one attached hydrogen (secondary N) is 1. The zero-order valence-electron chi connectivity index (χ0n) is 7.84. The van der Waals surface area contributed by atoms with Gasteiger partial charge in [-0.2, -0.15) is 0 Å². The zero-order valence-corrected chi connectivity index (χ0v) is 7.84. The summed E-state index contributed by atoms with van der Waals surface area (Å²) in [5, 5.41) is 12.0. The van der Waals surface area contributed by atoms with E-state index in [0.717, 1.165) is 11.1 Å². The molecule has 72 valence electrons.